The minimum Gasteiger partial charge on any atom is -0.497 e. The van der Waals surface area contributed by atoms with Crippen molar-refractivity contribution in [3.8, 4) is 5.75 Å². The van der Waals surface area contributed by atoms with Crippen LogP contribution in [0.4, 0.5) is 11.5 Å². The van der Waals surface area contributed by atoms with Crippen molar-refractivity contribution in [2.45, 2.75) is 12.8 Å². The monoisotopic (exact) mass is 395 g/mol. The maximum atomic E-state index is 12.2. The van der Waals surface area contributed by atoms with Gasteiger partial charge in [-0.3, -0.25) is 4.79 Å². The van der Waals surface area contributed by atoms with Crippen molar-refractivity contribution < 1.29 is 9.53 Å². The molecule has 1 heterocycles. The summed E-state index contributed by atoms with van der Waals surface area (Å²) in [6.45, 7) is 0.784. The topological polar surface area (TPSA) is 63.2 Å². The van der Waals surface area contributed by atoms with E-state index in [2.05, 4.69) is 15.6 Å². The van der Waals surface area contributed by atoms with E-state index in [-0.39, 0.29) is 12.3 Å². The van der Waals surface area contributed by atoms with Crippen molar-refractivity contribution in [3.05, 3.63) is 83.0 Å². The smallest absolute Gasteiger partial charge is 0.229 e. The van der Waals surface area contributed by atoms with E-state index in [0.29, 0.717) is 5.82 Å². The quantitative estimate of drug-likeness (QED) is 0.586. The van der Waals surface area contributed by atoms with E-state index in [1.807, 2.05) is 54.6 Å². The summed E-state index contributed by atoms with van der Waals surface area (Å²) in [6, 6.07) is 18.9. The average molecular weight is 396 g/mol. The summed E-state index contributed by atoms with van der Waals surface area (Å²) in [5, 5.41) is 6.87. The maximum Gasteiger partial charge on any atom is 0.229 e. The summed E-state index contributed by atoms with van der Waals surface area (Å²) in [4.78, 5) is 16.5. The molecule has 0 bridgehead atoms. The Labute approximate surface area is 169 Å². The average Bonchev–Trinajstić information content (AvgIpc) is 2.71. The lowest BCUT2D eigenvalue weighted by Crippen LogP contribution is -2.15. The number of nitrogens with one attached hydrogen (secondary N) is 2. The number of aromatic nitrogens is 1. The van der Waals surface area contributed by atoms with Crippen LogP contribution in [0.3, 0.4) is 0 Å². The van der Waals surface area contributed by atoms with Crippen LogP contribution in [-0.2, 0) is 17.6 Å². The van der Waals surface area contributed by atoms with Gasteiger partial charge in [0.1, 0.15) is 11.6 Å². The van der Waals surface area contributed by atoms with E-state index in [0.717, 1.165) is 35.0 Å². The number of pyridine rings is 1. The van der Waals surface area contributed by atoms with Gasteiger partial charge < -0.3 is 15.4 Å². The number of benzene rings is 2. The third-order valence-corrected chi connectivity index (χ3v) is 4.46. The van der Waals surface area contributed by atoms with E-state index in [4.69, 9.17) is 16.3 Å². The highest BCUT2D eigenvalue weighted by Gasteiger charge is 2.05. The lowest BCUT2D eigenvalue weighted by Gasteiger charge is -2.08. The number of rotatable bonds is 8. The van der Waals surface area contributed by atoms with E-state index in [1.165, 1.54) is 5.56 Å². The Morgan fingerprint density at radius 1 is 1.00 bits per heavy atom. The van der Waals surface area contributed by atoms with Crippen molar-refractivity contribution in [2.24, 2.45) is 0 Å². The zero-order chi connectivity index (χ0) is 19.8. The molecular weight excluding hydrogens is 374 g/mol. The SMILES string of the molecule is COc1ccc(CC(=O)Nc2ccc(NCCc3ccc(Cl)cc3)cn2)cc1. The molecule has 144 valence electrons. The number of carbonyl (C=O) groups is 1. The van der Waals surface area contributed by atoms with Gasteiger partial charge in [-0.25, -0.2) is 4.98 Å². The highest BCUT2D eigenvalue weighted by Crippen LogP contribution is 2.14. The molecule has 0 unspecified atom stereocenters. The molecule has 0 fully saturated rings. The van der Waals surface area contributed by atoms with E-state index >= 15 is 0 Å². The first-order chi connectivity index (χ1) is 13.6. The Hall–Kier alpha value is -3.05. The van der Waals surface area contributed by atoms with Crippen molar-refractivity contribution in [1.82, 2.24) is 4.98 Å². The van der Waals surface area contributed by atoms with Gasteiger partial charge in [0.25, 0.3) is 0 Å². The Morgan fingerprint density at radius 2 is 1.71 bits per heavy atom. The molecule has 0 aliphatic carbocycles. The van der Waals surface area contributed by atoms with Gasteiger partial charge in [-0.15, -0.1) is 0 Å². The van der Waals surface area contributed by atoms with Gasteiger partial charge in [-0.1, -0.05) is 35.9 Å². The number of nitrogens with zero attached hydrogens (tertiary/aromatic N) is 1. The van der Waals surface area contributed by atoms with Crippen LogP contribution in [0.5, 0.6) is 5.75 Å². The van der Waals surface area contributed by atoms with Gasteiger partial charge >= 0.3 is 0 Å². The molecule has 0 atom stereocenters. The number of ether oxygens (including phenoxy) is 1. The maximum absolute atomic E-state index is 12.2. The minimum absolute atomic E-state index is 0.110. The highest BCUT2D eigenvalue weighted by molar-refractivity contribution is 6.30. The fourth-order valence-electron chi connectivity index (χ4n) is 2.69. The van der Waals surface area contributed by atoms with E-state index < -0.39 is 0 Å². The van der Waals surface area contributed by atoms with Crippen LogP contribution in [0.2, 0.25) is 5.02 Å². The van der Waals surface area contributed by atoms with E-state index in [9.17, 15) is 4.79 Å². The summed E-state index contributed by atoms with van der Waals surface area (Å²) >= 11 is 5.89. The third-order valence-electron chi connectivity index (χ3n) is 4.21. The van der Waals surface area contributed by atoms with Crippen molar-refractivity contribution in [2.75, 3.05) is 24.3 Å². The number of amides is 1. The van der Waals surface area contributed by atoms with Crippen LogP contribution in [0.15, 0.2) is 66.9 Å². The van der Waals surface area contributed by atoms with Crippen LogP contribution in [0, 0.1) is 0 Å². The minimum atomic E-state index is -0.110. The Kier molecular flexibility index (Phi) is 6.87. The first kappa shape index (κ1) is 19.7. The number of hydrogen-bond acceptors (Lipinski definition) is 4. The second kappa shape index (κ2) is 9.76. The third kappa shape index (κ3) is 5.99. The number of carbonyl (C=O) groups excluding carboxylic acids is 1. The molecule has 0 saturated carbocycles. The molecule has 28 heavy (non-hydrogen) atoms. The van der Waals surface area contributed by atoms with Gasteiger partial charge in [-0.05, 0) is 53.9 Å². The van der Waals surface area contributed by atoms with Crippen molar-refractivity contribution >= 4 is 29.0 Å². The van der Waals surface area contributed by atoms with Crippen LogP contribution < -0.4 is 15.4 Å². The fraction of sp³-hybridized carbons (Fsp3) is 0.182. The van der Waals surface area contributed by atoms with Gasteiger partial charge in [-0.2, -0.15) is 0 Å². The van der Waals surface area contributed by atoms with Crippen LogP contribution in [-0.4, -0.2) is 24.5 Å². The number of halogens is 1. The summed E-state index contributed by atoms with van der Waals surface area (Å²) in [6.07, 6.45) is 2.88. The Balaban J connectivity index is 1.45. The van der Waals surface area contributed by atoms with Crippen molar-refractivity contribution in [1.29, 1.82) is 0 Å². The molecule has 0 aliphatic heterocycles. The zero-order valence-corrected chi connectivity index (χ0v) is 16.4. The normalized spacial score (nSPS) is 10.4. The molecular formula is C22H22ClN3O2. The fourth-order valence-corrected chi connectivity index (χ4v) is 2.82. The van der Waals surface area contributed by atoms with Gasteiger partial charge in [0, 0.05) is 11.6 Å². The second-order valence-corrected chi connectivity index (χ2v) is 6.74. The first-order valence-corrected chi connectivity index (χ1v) is 9.37. The molecule has 2 N–H and O–H groups in total. The van der Waals surface area contributed by atoms with Crippen LogP contribution in [0.1, 0.15) is 11.1 Å². The highest BCUT2D eigenvalue weighted by atomic mass is 35.5. The second-order valence-electron chi connectivity index (χ2n) is 6.31. The number of hydrogen-bond donors (Lipinski definition) is 2. The standard InChI is InChI=1S/C22H22ClN3O2/c1-28-20-9-4-17(5-10-20)14-22(27)26-21-11-8-19(15-25-21)24-13-12-16-2-6-18(23)7-3-16/h2-11,15,24H,12-14H2,1H3,(H,25,26,27). The van der Waals surface area contributed by atoms with Crippen LogP contribution in [0.25, 0.3) is 0 Å². The molecule has 1 amide bonds. The number of anilines is 2. The molecule has 3 aromatic rings. The lowest BCUT2D eigenvalue weighted by molar-refractivity contribution is -0.115. The predicted molar refractivity (Wildman–Crippen MR) is 113 cm³/mol. The summed E-state index contributed by atoms with van der Waals surface area (Å²) in [5.41, 5.74) is 3.04. The van der Waals surface area contributed by atoms with Gasteiger partial charge in [0.05, 0.1) is 25.4 Å². The lowest BCUT2D eigenvalue weighted by atomic mass is 10.1. The first-order valence-electron chi connectivity index (χ1n) is 8.99. The Morgan fingerprint density at radius 3 is 2.36 bits per heavy atom. The number of methoxy groups -OCH3 is 1. The summed E-state index contributed by atoms with van der Waals surface area (Å²) < 4.78 is 5.12. The molecule has 6 heteroatoms. The Bertz CT molecular complexity index is 895. The summed E-state index contributed by atoms with van der Waals surface area (Å²) in [5.74, 6) is 1.19. The largest absolute Gasteiger partial charge is 0.497 e. The molecule has 2 aromatic carbocycles. The predicted octanol–water partition coefficient (Wildman–Crippen LogP) is 4.58. The van der Waals surface area contributed by atoms with Crippen LogP contribution >= 0.6 is 11.6 Å². The molecule has 3 rings (SSSR count). The van der Waals surface area contributed by atoms with Gasteiger partial charge in [0.15, 0.2) is 0 Å². The summed E-state index contributed by atoms with van der Waals surface area (Å²) in [7, 11) is 1.61. The molecule has 0 spiro atoms. The molecule has 0 aliphatic rings. The van der Waals surface area contributed by atoms with E-state index in [1.54, 1.807) is 19.4 Å². The van der Waals surface area contributed by atoms with Gasteiger partial charge in [0.2, 0.25) is 5.91 Å². The molecule has 5 nitrogen and oxygen atoms in total. The van der Waals surface area contributed by atoms with Crippen molar-refractivity contribution in [3.63, 3.8) is 0 Å². The molecule has 1 aromatic heterocycles. The molecule has 0 saturated heterocycles. The molecule has 0 radical (unpaired) electrons. The zero-order valence-electron chi connectivity index (χ0n) is 15.6.